The van der Waals surface area contributed by atoms with Crippen LogP contribution in [-0.2, 0) is 6.54 Å². The maximum absolute atomic E-state index is 10.8. The van der Waals surface area contributed by atoms with Crippen LogP contribution >= 0.6 is 11.6 Å². The van der Waals surface area contributed by atoms with Crippen molar-refractivity contribution in [3.05, 3.63) is 38.9 Å². The van der Waals surface area contributed by atoms with Gasteiger partial charge in [-0.3, -0.25) is 10.1 Å². The molecule has 0 aliphatic heterocycles. The summed E-state index contributed by atoms with van der Waals surface area (Å²) in [5, 5.41) is 24.3. The van der Waals surface area contributed by atoms with Gasteiger partial charge in [0, 0.05) is 18.7 Å². The van der Waals surface area contributed by atoms with Crippen molar-refractivity contribution in [3.63, 3.8) is 0 Å². The highest BCUT2D eigenvalue weighted by Gasteiger charge is 2.21. The van der Waals surface area contributed by atoms with E-state index in [1.165, 1.54) is 6.07 Å². The molecule has 2 N–H and O–H groups in total. The number of hydrogen-bond acceptors (Lipinski definition) is 4. The first-order valence-corrected chi connectivity index (χ1v) is 7.30. The second-order valence-corrected chi connectivity index (χ2v) is 5.64. The molecule has 1 aliphatic rings. The number of aliphatic hydroxyl groups is 1. The Morgan fingerprint density at radius 2 is 2.10 bits per heavy atom. The summed E-state index contributed by atoms with van der Waals surface area (Å²) < 4.78 is 0. The molecule has 6 heteroatoms. The van der Waals surface area contributed by atoms with Crippen molar-refractivity contribution in [3.8, 4) is 0 Å². The molecule has 2 rings (SSSR count). The average Bonchev–Trinajstić information content (AvgIpc) is 2.62. The molecule has 2 atom stereocenters. The Labute approximate surface area is 123 Å². The van der Waals surface area contributed by atoms with Crippen molar-refractivity contribution in [2.45, 2.75) is 50.8 Å². The molecule has 2 unspecified atom stereocenters. The summed E-state index contributed by atoms with van der Waals surface area (Å²) in [6.45, 7) is 0.500. The Morgan fingerprint density at radius 3 is 2.85 bits per heavy atom. The van der Waals surface area contributed by atoms with Crippen LogP contribution in [0.2, 0.25) is 5.02 Å². The van der Waals surface area contributed by atoms with Crippen LogP contribution in [0.25, 0.3) is 0 Å². The van der Waals surface area contributed by atoms with Gasteiger partial charge in [-0.1, -0.05) is 36.9 Å². The molecule has 110 valence electrons. The van der Waals surface area contributed by atoms with Crippen molar-refractivity contribution >= 4 is 17.3 Å². The predicted molar refractivity (Wildman–Crippen MR) is 77.8 cm³/mol. The van der Waals surface area contributed by atoms with E-state index in [-0.39, 0.29) is 22.9 Å². The van der Waals surface area contributed by atoms with Crippen molar-refractivity contribution in [1.29, 1.82) is 0 Å². The third-order valence-electron chi connectivity index (χ3n) is 3.76. The van der Waals surface area contributed by atoms with Gasteiger partial charge >= 0.3 is 0 Å². The van der Waals surface area contributed by atoms with E-state index in [4.69, 9.17) is 11.6 Å². The van der Waals surface area contributed by atoms with Gasteiger partial charge in [-0.05, 0) is 24.5 Å². The van der Waals surface area contributed by atoms with Crippen LogP contribution in [0.1, 0.15) is 37.7 Å². The summed E-state index contributed by atoms with van der Waals surface area (Å²) in [4.78, 5) is 10.4. The Hall–Kier alpha value is -1.17. The second kappa shape index (κ2) is 7.02. The third-order valence-corrected chi connectivity index (χ3v) is 4.07. The van der Waals surface area contributed by atoms with Gasteiger partial charge in [0.25, 0.3) is 5.69 Å². The van der Waals surface area contributed by atoms with Crippen molar-refractivity contribution < 1.29 is 10.0 Å². The summed E-state index contributed by atoms with van der Waals surface area (Å²) in [6, 6.07) is 4.86. The summed E-state index contributed by atoms with van der Waals surface area (Å²) in [5.74, 6) is 0. The molecule has 5 nitrogen and oxygen atoms in total. The lowest BCUT2D eigenvalue weighted by molar-refractivity contribution is -0.384. The van der Waals surface area contributed by atoms with Crippen LogP contribution in [0.4, 0.5) is 5.69 Å². The van der Waals surface area contributed by atoms with Gasteiger partial charge in [-0.15, -0.1) is 0 Å². The molecular formula is C14H19ClN2O3. The van der Waals surface area contributed by atoms with E-state index in [0.29, 0.717) is 6.54 Å². The molecule has 0 aromatic heterocycles. The van der Waals surface area contributed by atoms with Crippen LogP contribution in [0, 0.1) is 10.1 Å². The second-order valence-electron chi connectivity index (χ2n) is 5.24. The van der Waals surface area contributed by atoms with Crippen LogP contribution < -0.4 is 5.32 Å². The zero-order valence-electron chi connectivity index (χ0n) is 11.2. The zero-order valence-corrected chi connectivity index (χ0v) is 12.0. The van der Waals surface area contributed by atoms with Crippen LogP contribution in [0.15, 0.2) is 18.2 Å². The van der Waals surface area contributed by atoms with Crippen LogP contribution in [-0.4, -0.2) is 22.2 Å². The first-order valence-electron chi connectivity index (χ1n) is 6.92. The van der Waals surface area contributed by atoms with Gasteiger partial charge in [0.2, 0.25) is 0 Å². The number of nitro benzene ring substituents is 1. The van der Waals surface area contributed by atoms with E-state index in [0.717, 1.165) is 37.7 Å². The van der Waals surface area contributed by atoms with Crippen LogP contribution in [0.5, 0.6) is 0 Å². The van der Waals surface area contributed by atoms with Gasteiger partial charge in [-0.2, -0.15) is 0 Å². The van der Waals surface area contributed by atoms with Crippen molar-refractivity contribution in [1.82, 2.24) is 5.32 Å². The molecule has 1 aromatic rings. The number of rotatable bonds is 4. The van der Waals surface area contributed by atoms with E-state index < -0.39 is 4.92 Å². The standard InChI is InChI=1S/C14H19ClN2O3/c15-11-7-6-10(8-13(11)17(19)20)9-16-12-4-2-1-3-5-14(12)18/h6-8,12,14,16,18H,1-5,9H2. The number of hydrogen-bond donors (Lipinski definition) is 2. The molecular weight excluding hydrogens is 280 g/mol. The Bertz CT molecular complexity index is 481. The third kappa shape index (κ3) is 3.91. The van der Waals surface area contributed by atoms with Gasteiger partial charge in [0.15, 0.2) is 0 Å². The minimum absolute atomic E-state index is 0.0623. The summed E-state index contributed by atoms with van der Waals surface area (Å²) >= 11 is 5.78. The maximum atomic E-state index is 10.8. The van der Waals surface area contributed by atoms with E-state index in [1.807, 2.05) is 0 Å². The molecule has 1 fully saturated rings. The van der Waals surface area contributed by atoms with Gasteiger partial charge in [-0.25, -0.2) is 0 Å². The number of nitro groups is 1. The fourth-order valence-electron chi connectivity index (χ4n) is 2.58. The fraction of sp³-hybridized carbons (Fsp3) is 0.571. The molecule has 1 aromatic carbocycles. The predicted octanol–water partition coefficient (Wildman–Crippen LogP) is 3.03. The summed E-state index contributed by atoms with van der Waals surface area (Å²) in [7, 11) is 0. The number of aliphatic hydroxyl groups excluding tert-OH is 1. The number of halogens is 1. The highest BCUT2D eigenvalue weighted by molar-refractivity contribution is 6.32. The minimum Gasteiger partial charge on any atom is -0.392 e. The first kappa shape index (κ1) is 15.2. The lowest BCUT2D eigenvalue weighted by Gasteiger charge is -2.21. The van der Waals surface area contributed by atoms with E-state index in [2.05, 4.69) is 5.32 Å². The normalized spacial score (nSPS) is 23.3. The topological polar surface area (TPSA) is 75.4 Å². The lowest BCUT2D eigenvalue weighted by Crippen LogP contribution is -2.38. The number of benzene rings is 1. The summed E-state index contributed by atoms with van der Waals surface area (Å²) in [6.07, 6.45) is 4.75. The number of nitrogens with zero attached hydrogens (tertiary/aromatic N) is 1. The highest BCUT2D eigenvalue weighted by Crippen LogP contribution is 2.25. The molecule has 0 heterocycles. The zero-order chi connectivity index (χ0) is 14.5. The molecule has 0 saturated heterocycles. The highest BCUT2D eigenvalue weighted by atomic mass is 35.5. The fourth-order valence-corrected chi connectivity index (χ4v) is 2.77. The quantitative estimate of drug-likeness (QED) is 0.509. The number of nitrogens with one attached hydrogen (secondary N) is 1. The molecule has 0 radical (unpaired) electrons. The van der Waals surface area contributed by atoms with Gasteiger partial charge in [0.05, 0.1) is 11.0 Å². The largest absolute Gasteiger partial charge is 0.392 e. The molecule has 0 bridgehead atoms. The Kier molecular flexibility index (Phi) is 5.34. The molecule has 0 amide bonds. The van der Waals surface area contributed by atoms with E-state index in [1.54, 1.807) is 12.1 Å². The smallest absolute Gasteiger partial charge is 0.288 e. The lowest BCUT2D eigenvalue weighted by atomic mass is 10.1. The SMILES string of the molecule is O=[N+]([O-])c1cc(CNC2CCCCCC2O)ccc1Cl. The van der Waals surface area contributed by atoms with E-state index in [9.17, 15) is 15.2 Å². The summed E-state index contributed by atoms with van der Waals surface area (Å²) in [5.41, 5.74) is 0.727. The van der Waals surface area contributed by atoms with Crippen molar-refractivity contribution in [2.24, 2.45) is 0 Å². The monoisotopic (exact) mass is 298 g/mol. The Morgan fingerprint density at radius 1 is 1.35 bits per heavy atom. The average molecular weight is 299 g/mol. The van der Waals surface area contributed by atoms with E-state index >= 15 is 0 Å². The minimum atomic E-state index is -0.480. The van der Waals surface area contributed by atoms with Crippen molar-refractivity contribution in [2.75, 3.05) is 0 Å². The molecule has 1 aliphatic carbocycles. The Balaban J connectivity index is 1.99. The van der Waals surface area contributed by atoms with Gasteiger partial charge in [0.1, 0.15) is 5.02 Å². The molecule has 1 saturated carbocycles. The van der Waals surface area contributed by atoms with Crippen LogP contribution in [0.3, 0.4) is 0 Å². The van der Waals surface area contributed by atoms with Gasteiger partial charge < -0.3 is 10.4 Å². The first-order chi connectivity index (χ1) is 9.58. The maximum Gasteiger partial charge on any atom is 0.288 e. The molecule has 0 spiro atoms. The molecule has 20 heavy (non-hydrogen) atoms.